The highest BCUT2D eigenvalue weighted by Crippen LogP contribution is 2.47. The van der Waals surface area contributed by atoms with Crippen molar-refractivity contribution in [3.8, 4) is 0 Å². The van der Waals surface area contributed by atoms with Crippen molar-refractivity contribution in [3.63, 3.8) is 0 Å². The minimum Gasteiger partial charge on any atom is -0.444 e. The standard InChI is InChI=1S/C23H34ClFN2O5Si/c1-21(2,3)31-20(29)27-12-14(32-33(7,8)22(4,5)6)11-23(13-27)17-16(26-19(28)30-23)10-9-15(24)18(17)25/h9-10,14H,11-13H2,1-8H3,(H,26,28)/t14-,23+/m0/s1. The molecule has 184 valence electrons. The lowest BCUT2D eigenvalue weighted by Crippen LogP contribution is -2.60. The summed E-state index contributed by atoms with van der Waals surface area (Å²) in [4.78, 5) is 27.0. The Morgan fingerprint density at radius 2 is 1.91 bits per heavy atom. The summed E-state index contributed by atoms with van der Waals surface area (Å²) >= 11 is 6.10. The minimum atomic E-state index is -2.27. The number of nitrogens with zero attached hydrogens (tertiary/aromatic N) is 1. The molecule has 2 amide bonds. The smallest absolute Gasteiger partial charge is 0.412 e. The van der Waals surface area contributed by atoms with Crippen LogP contribution in [0.1, 0.15) is 53.5 Å². The summed E-state index contributed by atoms with van der Waals surface area (Å²) < 4.78 is 33.3. The number of likely N-dealkylation sites (tertiary alicyclic amines) is 1. The molecule has 1 spiro atoms. The van der Waals surface area contributed by atoms with E-state index in [0.29, 0.717) is 0 Å². The molecule has 0 aliphatic carbocycles. The number of hydrogen-bond acceptors (Lipinski definition) is 5. The fourth-order valence-electron chi connectivity index (χ4n) is 3.97. The lowest BCUT2D eigenvalue weighted by Gasteiger charge is -2.50. The van der Waals surface area contributed by atoms with Gasteiger partial charge in [0.1, 0.15) is 5.60 Å². The largest absolute Gasteiger partial charge is 0.444 e. The van der Waals surface area contributed by atoms with E-state index < -0.39 is 43.6 Å². The zero-order chi connectivity index (χ0) is 25.0. The van der Waals surface area contributed by atoms with E-state index in [-0.39, 0.29) is 40.8 Å². The molecule has 1 aromatic carbocycles. The number of piperidine rings is 1. The number of ether oxygens (including phenoxy) is 2. The van der Waals surface area contributed by atoms with Gasteiger partial charge in [0.15, 0.2) is 19.7 Å². The third-order valence-electron chi connectivity index (χ3n) is 6.42. The minimum absolute atomic E-state index is 0.0725. The van der Waals surface area contributed by atoms with Crippen molar-refractivity contribution >= 4 is 37.8 Å². The van der Waals surface area contributed by atoms with Crippen LogP contribution < -0.4 is 5.32 Å². The van der Waals surface area contributed by atoms with Gasteiger partial charge in [0.25, 0.3) is 0 Å². The van der Waals surface area contributed by atoms with Crippen LogP contribution in [0.2, 0.25) is 23.2 Å². The number of benzene rings is 1. The highest BCUT2D eigenvalue weighted by atomic mass is 35.5. The number of carbonyl (C=O) groups is 2. The first-order valence-corrected chi connectivity index (χ1v) is 14.4. The van der Waals surface area contributed by atoms with Crippen LogP contribution in [0.3, 0.4) is 0 Å². The van der Waals surface area contributed by atoms with Gasteiger partial charge in [-0.1, -0.05) is 32.4 Å². The number of carbonyl (C=O) groups excluding carboxylic acids is 2. The van der Waals surface area contributed by atoms with Crippen molar-refractivity contribution in [3.05, 3.63) is 28.5 Å². The fourth-order valence-corrected chi connectivity index (χ4v) is 5.47. The second-order valence-corrected chi connectivity index (χ2v) is 16.5. The lowest BCUT2D eigenvalue weighted by molar-refractivity contribution is -0.0890. The Morgan fingerprint density at radius 3 is 2.48 bits per heavy atom. The van der Waals surface area contributed by atoms with Gasteiger partial charge in [-0.3, -0.25) is 5.32 Å². The van der Waals surface area contributed by atoms with Gasteiger partial charge in [0.05, 0.1) is 28.9 Å². The predicted octanol–water partition coefficient (Wildman–Crippen LogP) is 6.27. The number of nitrogens with one attached hydrogen (secondary N) is 1. The van der Waals surface area contributed by atoms with Crippen molar-refractivity contribution in [2.75, 3.05) is 18.4 Å². The van der Waals surface area contributed by atoms with Crippen LogP contribution in [0.4, 0.5) is 19.7 Å². The molecule has 0 unspecified atom stereocenters. The van der Waals surface area contributed by atoms with Gasteiger partial charge >= 0.3 is 12.2 Å². The Kier molecular flexibility index (Phi) is 6.58. The van der Waals surface area contributed by atoms with Crippen molar-refractivity contribution in [1.82, 2.24) is 4.90 Å². The molecule has 1 fully saturated rings. The molecule has 0 bridgehead atoms. The summed E-state index contributed by atoms with van der Waals surface area (Å²) in [7, 11) is -2.27. The Labute approximate surface area is 201 Å². The van der Waals surface area contributed by atoms with E-state index in [0.717, 1.165) is 0 Å². The molecule has 7 nitrogen and oxygen atoms in total. The van der Waals surface area contributed by atoms with Crippen molar-refractivity contribution in [1.29, 1.82) is 0 Å². The van der Waals surface area contributed by atoms with Crippen molar-refractivity contribution < 1.29 is 27.9 Å². The van der Waals surface area contributed by atoms with E-state index >= 15 is 4.39 Å². The summed E-state index contributed by atoms with van der Waals surface area (Å²) in [5.41, 5.74) is -1.80. The van der Waals surface area contributed by atoms with Gasteiger partial charge in [-0.05, 0) is 51.0 Å². The zero-order valence-electron chi connectivity index (χ0n) is 20.6. The van der Waals surface area contributed by atoms with E-state index in [4.69, 9.17) is 25.5 Å². The summed E-state index contributed by atoms with van der Waals surface area (Å²) in [6, 6.07) is 2.92. The quantitative estimate of drug-likeness (QED) is 0.484. The van der Waals surface area contributed by atoms with Gasteiger partial charge in [0.2, 0.25) is 0 Å². The van der Waals surface area contributed by atoms with Gasteiger partial charge in [-0.15, -0.1) is 0 Å². The fraction of sp³-hybridized carbons (Fsp3) is 0.652. The SMILES string of the molecule is CC(C)(C)OC(=O)N1C[C@@H](O[Si](C)(C)C(C)(C)C)C[C@]2(C1)OC(=O)Nc1ccc(Cl)c(F)c12. The molecule has 0 radical (unpaired) electrons. The molecule has 0 saturated carbocycles. The molecule has 2 heterocycles. The maximum atomic E-state index is 15.4. The first-order valence-electron chi connectivity index (χ1n) is 11.1. The molecule has 10 heteroatoms. The highest BCUT2D eigenvalue weighted by molar-refractivity contribution is 6.74. The van der Waals surface area contributed by atoms with E-state index in [9.17, 15) is 9.59 Å². The van der Waals surface area contributed by atoms with Crippen molar-refractivity contribution in [2.24, 2.45) is 0 Å². The third-order valence-corrected chi connectivity index (χ3v) is 11.2. The van der Waals surface area contributed by atoms with Crippen LogP contribution in [0, 0.1) is 5.82 Å². The molecular formula is C23H34ClFN2O5Si. The van der Waals surface area contributed by atoms with Gasteiger partial charge in [-0.2, -0.15) is 0 Å². The van der Waals surface area contributed by atoms with E-state index in [1.165, 1.54) is 11.0 Å². The number of anilines is 1. The summed E-state index contributed by atoms with van der Waals surface area (Å²) in [5.74, 6) is -0.689. The first kappa shape index (κ1) is 25.8. The Hall–Kier alpha value is -1.84. The van der Waals surface area contributed by atoms with Gasteiger partial charge < -0.3 is 18.8 Å². The van der Waals surface area contributed by atoms with Gasteiger partial charge in [0, 0.05) is 13.0 Å². The molecule has 3 rings (SSSR count). The molecule has 2 atom stereocenters. The van der Waals surface area contributed by atoms with Crippen LogP contribution in [0.15, 0.2) is 12.1 Å². The number of halogens is 2. The average Bonchev–Trinajstić information content (AvgIpc) is 2.61. The average molecular weight is 501 g/mol. The maximum Gasteiger partial charge on any atom is 0.412 e. The predicted molar refractivity (Wildman–Crippen MR) is 128 cm³/mol. The zero-order valence-corrected chi connectivity index (χ0v) is 22.4. The van der Waals surface area contributed by atoms with Crippen LogP contribution in [-0.4, -0.2) is 50.2 Å². The molecule has 1 saturated heterocycles. The normalized spacial score (nSPS) is 23.6. The first-order chi connectivity index (χ1) is 14.9. The maximum absolute atomic E-state index is 15.4. The molecular weight excluding hydrogens is 467 g/mol. The van der Waals surface area contributed by atoms with Crippen LogP contribution in [0.5, 0.6) is 0 Å². The number of fused-ring (bicyclic) bond motifs is 2. The topological polar surface area (TPSA) is 77.1 Å². The highest BCUT2D eigenvalue weighted by Gasteiger charge is 2.53. The number of amides is 2. The second-order valence-electron chi connectivity index (χ2n) is 11.4. The Balaban J connectivity index is 2.08. The molecule has 1 N–H and O–H groups in total. The van der Waals surface area contributed by atoms with Gasteiger partial charge in [-0.25, -0.2) is 14.0 Å². The summed E-state index contributed by atoms with van der Waals surface area (Å²) in [6.45, 7) is 16.0. The Morgan fingerprint density at radius 1 is 1.27 bits per heavy atom. The summed E-state index contributed by atoms with van der Waals surface area (Å²) in [5, 5.41) is 2.36. The van der Waals surface area contributed by atoms with Crippen molar-refractivity contribution in [2.45, 2.75) is 83.4 Å². The summed E-state index contributed by atoms with van der Waals surface area (Å²) in [6.07, 6.45) is -1.61. The third kappa shape index (κ3) is 5.30. The van der Waals surface area contributed by atoms with Crippen LogP contribution in [0.25, 0.3) is 0 Å². The monoisotopic (exact) mass is 500 g/mol. The molecule has 33 heavy (non-hydrogen) atoms. The van der Waals surface area contributed by atoms with E-state index in [1.807, 2.05) is 0 Å². The molecule has 0 aromatic heterocycles. The number of rotatable bonds is 2. The van der Waals surface area contributed by atoms with E-state index in [1.54, 1.807) is 26.8 Å². The Bertz CT molecular complexity index is 959. The second kappa shape index (κ2) is 8.43. The van der Waals surface area contributed by atoms with Crippen LogP contribution >= 0.6 is 11.6 Å². The molecule has 2 aliphatic heterocycles. The lowest BCUT2D eigenvalue weighted by atomic mass is 9.82. The molecule has 1 aromatic rings. The van der Waals surface area contributed by atoms with Crippen LogP contribution in [-0.2, 0) is 19.5 Å². The number of hydrogen-bond donors (Lipinski definition) is 1. The van der Waals surface area contributed by atoms with E-state index in [2.05, 4.69) is 39.2 Å². The molecule has 2 aliphatic rings.